The third-order valence-corrected chi connectivity index (χ3v) is 2.98. The first-order chi connectivity index (χ1) is 7.20. The summed E-state index contributed by atoms with van der Waals surface area (Å²) in [4.78, 5) is 1.22. The molecule has 0 atom stereocenters. The van der Waals surface area contributed by atoms with Gasteiger partial charge in [-0.25, -0.2) is 4.68 Å². The van der Waals surface area contributed by atoms with Crippen LogP contribution in [-0.4, -0.2) is 21.1 Å². The predicted molar refractivity (Wildman–Crippen MR) is 62.1 cm³/mol. The molecule has 1 aromatic carbocycles. The normalized spacial score (nSPS) is 10.5. The second-order valence-corrected chi connectivity index (χ2v) is 4.12. The Hall–Kier alpha value is -1.42. The van der Waals surface area contributed by atoms with Crippen molar-refractivity contribution in [1.82, 2.24) is 9.78 Å². The Kier molecular flexibility index (Phi) is 2.68. The van der Waals surface area contributed by atoms with Gasteiger partial charge in [-0.2, -0.15) is 5.10 Å². The van der Waals surface area contributed by atoms with Gasteiger partial charge < -0.3 is 5.11 Å². The predicted octanol–water partition coefficient (Wildman–Crippen LogP) is 2.51. The van der Waals surface area contributed by atoms with E-state index < -0.39 is 0 Å². The number of hydrogen-bond acceptors (Lipinski definition) is 3. The monoisotopic (exact) mass is 220 g/mol. The van der Waals surface area contributed by atoms with E-state index in [0.717, 1.165) is 11.3 Å². The fraction of sp³-hybridized carbons (Fsp3) is 0.182. The van der Waals surface area contributed by atoms with E-state index in [2.05, 4.69) is 5.10 Å². The SMILES string of the molecule is CSc1ccc(-c2cc(O)n(C)n2)cc1. The zero-order valence-corrected chi connectivity index (χ0v) is 9.45. The highest BCUT2D eigenvalue weighted by Gasteiger charge is 2.05. The molecule has 2 rings (SSSR count). The summed E-state index contributed by atoms with van der Waals surface area (Å²) in [6.45, 7) is 0. The molecule has 0 amide bonds. The van der Waals surface area contributed by atoms with Crippen LogP contribution in [0.5, 0.6) is 5.88 Å². The highest BCUT2D eigenvalue weighted by Crippen LogP contribution is 2.24. The van der Waals surface area contributed by atoms with Crippen LogP contribution in [0.25, 0.3) is 11.3 Å². The molecule has 0 bridgehead atoms. The van der Waals surface area contributed by atoms with Crippen LogP contribution in [-0.2, 0) is 7.05 Å². The van der Waals surface area contributed by atoms with Crippen LogP contribution >= 0.6 is 11.8 Å². The van der Waals surface area contributed by atoms with Gasteiger partial charge in [-0.05, 0) is 18.4 Å². The third-order valence-electron chi connectivity index (χ3n) is 2.24. The second kappa shape index (κ2) is 3.98. The topological polar surface area (TPSA) is 38.0 Å². The Bertz CT molecular complexity index is 442. The van der Waals surface area contributed by atoms with Gasteiger partial charge in [0.25, 0.3) is 0 Å². The van der Waals surface area contributed by atoms with E-state index in [1.54, 1.807) is 24.9 Å². The fourth-order valence-corrected chi connectivity index (χ4v) is 1.77. The quantitative estimate of drug-likeness (QED) is 0.790. The molecule has 0 aliphatic rings. The van der Waals surface area contributed by atoms with Crippen molar-refractivity contribution in [2.45, 2.75) is 4.90 Å². The Morgan fingerprint density at radius 1 is 1.27 bits per heavy atom. The minimum Gasteiger partial charge on any atom is -0.493 e. The number of nitrogens with zero attached hydrogens (tertiary/aromatic N) is 2. The zero-order chi connectivity index (χ0) is 10.8. The van der Waals surface area contributed by atoms with Crippen molar-refractivity contribution in [1.29, 1.82) is 0 Å². The maximum atomic E-state index is 9.40. The lowest BCUT2D eigenvalue weighted by molar-refractivity contribution is 0.419. The largest absolute Gasteiger partial charge is 0.493 e. The molecule has 0 saturated heterocycles. The molecule has 15 heavy (non-hydrogen) atoms. The van der Waals surface area contributed by atoms with Crippen molar-refractivity contribution >= 4 is 11.8 Å². The summed E-state index contributed by atoms with van der Waals surface area (Å²) in [6, 6.07) is 9.77. The highest BCUT2D eigenvalue weighted by molar-refractivity contribution is 7.98. The summed E-state index contributed by atoms with van der Waals surface area (Å²) in [7, 11) is 1.72. The minimum atomic E-state index is 0.180. The molecule has 1 heterocycles. The Labute approximate surface area is 92.7 Å². The number of benzene rings is 1. The molecule has 0 fully saturated rings. The van der Waals surface area contributed by atoms with Crippen LogP contribution in [0, 0.1) is 0 Å². The molecule has 0 unspecified atom stereocenters. The van der Waals surface area contributed by atoms with Crippen LogP contribution in [0.4, 0.5) is 0 Å². The molecule has 0 saturated carbocycles. The van der Waals surface area contributed by atoms with Gasteiger partial charge in [0.2, 0.25) is 5.88 Å². The lowest BCUT2D eigenvalue weighted by Gasteiger charge is -1.98. The van der Waals surface area contributed by atoms with Crippen LogP contribution in [0.15, 0.2) is 35.2 Å². The number of thioether (sulfide) groups is 1. The van der Waals surface area contributed by atoms with Gasteiger partial charge >= 0.3 is 0 Å². The zero-order valence-electron chi connectivity index (χ0n) is 8.64. The first-order valence-corrected chi connectivity index (χ1v) is 5.80. The van der Waals surface area contributed by atoms with Crippen molar-refractivity contribution < 1.29 is 5.11 Å². The van der Waals surface area contributed by atoms with E-state index >= 15 is 0 Å². The van der Waals surface area contributed by atoms with E-state index in [1.807, 2.05) is 30.5 Å². The second-order valence-electron chi connectivity index (χ2n) is 3.24. The summed E-state index contributed by atoms with van der Waals surface area (Å²) in [5.74, 6) is 0.180. The van der Waals surface area contributed by atoms with Gasteiger partial charge in [0, 0.05) is 23.6 Å². The van der Waals surface area contributed by atoms with Crippen molar-refractivity contribution in [2.24, 2.45) is 7.05 Å². The molecule has 78 valence electrons. The first kappa shape index (κ1) is 10.1. The van der Waals surface area contributed by atoms with Crippen LogP contribution in [0.1, 0.15) is 0 Å². The van der Waals surface area contributed by atoms with E-state index in [-0.39, 0.29) is 5.88 Å². The van der Waals surface area contributed by atoms with Gasteiger partial charge in [-0.3, -0.25) is 0 Å². The van der Waals surface area contributed by atoms with E-state index in [1.165, 1.54) is 9.58 Å². The molecule has 0 spiro atoms. The number of aromatic nitrogens is 2. The number of aromatic hydroxyl groups is 1. The average molecular weight is 220 g/mol. The number of aryl methyl sites for hydroxylation is 1. The summed E-state index contributed by atoms with van der Waals surface area (Å²) in [5.41, 5.74) is 1.81. The average Bonchev–Trinajstić information content (AvgIpc) is 2.59. The number of hydrogen-bond donors (Lipinski definition) is 1. The van der Waals surface area contributed by atoms with Gasteiger partial charge in [0.05, 0.1) is 5.69 Å². The van der Waals surface area contributed by atoms with Crippen molar-refractivity contribution in [3.05, 3.63) is 30.3 Å². The maximum Gasteiger partial charge on any atom is 0.209 e. The Morgan fingerprint density at radius 2 is 1.93 bits per heavy atom. The molecule has 0 aliphatic carbocycles. The Morgan fingerprint density at radius 3 is 2.40 bits per heavy atom. The van der Waals surface area contributed by atoms with Gasteiger partial charge in [0.15, 0.2) is 0 Å². The third kappa shape index (κ3) is 1.99. The lowest BCUT2D eigenvalue weighted by atomic mass is 10.2. The van der Waals surface area contributed by atoms with Crippen LogP contribution in [0.3, 0.4) is 0 Å². The molecule has 3 nitrogen and oxygen atoms in total. The molecule has 0 radical (unpaired) electrons. The van der Waals surface area contributed by atoms with Gasteiger partial charge in [-0.15, -0.1) is 11.8 Å². The minimum absolute atomic E-state index is 0.180. The van der Waals surface area contributed by atoms with E-state index in [4.69, 9.17) is 0 Å². The molecule has 4 heteroatoms. The van der Waals surface area contributed by atoms with Crippen LogP contribution in [0.2, 0.25) is 0 Å². The molecule has 1 N–H and O–H groups in total. The maximum absolute atomic E-state index is 9.40. The molecular formula is C11H12N2OS. The smallest absolute Gasteiger partial charge is 0.209 e. The van der Waals surface area contributed by atoms with Crippen molar-refractivity contribution in [3.63, 3.8) is 0 Å². The summed E-state index contributed by atoms with van der Waals surface area (Å²) >= 11 is 1.71. The van der Waals surface area contributed by atoms with Crippen molar-refractivity contribution in [3.8, 4) is 17.1 Å². The summed E-state index contributed by atoms with van der Waals surface area (Å²) in [6.07, 6.45) is 2.04. The lowest BCUT2D eigenvalue weighted by Crippen LogP contribution is -1.89. The molecule has 0 aliphatic heterocycles. The fourth-order valence-electron chi connectivity index (χ4n) is 1.36. The molecule has 1 aromatic heterocycles. The molecular weight excluding hydrogens is 208 g/mol. The Balaban J connectivity index is 2.37. The van der Waals surface area contributed by atoms with Gasteiger partial charge in [0.1, 0.15) is 0 Å². The van der Waals surface area contributed by atoms with E-state index in [0.29, 0.717) is 0 Å². The first-order valence-electron chi connectivity index (χ1n) is 4.58. The number of rotatable bonds is 2. The highest BCUT2D eigenvalue weighted by atomic mass is 32.2. The summed E-state index contributed by atoms with van der Waals surface area (Å²) < 4.78 is 1.46. The van der Waals surface area contributed by atoms with Crippen molar-refractivity contribution in [2.75, 3.05) is 6.26 Å². The summed E-state index contributed by atoms with van der Waals surface area (Å²) in [5, 5.41) is 13.6. The van der Waals surface area contributed by atoms with E-state index in [9.17, 15) is 5.11 Å². The standard InChI is InChI=1S/C11H12N2OS/c1-13-11(14)7-10(12-13)8-3-5-9(15-2)6-4-8/h3-7,14H,1-2H3. The van der Waals surface area contributed by atoms with Gasteiger partial charge in [-0.1, -0.05) is 12.1 Å². The van der Waals surface area contributed by atoms with Crippen LogP contribution < -0.4 is 0 Å². The molecule has 2 aromatic rings.